The monoisotopic (exact) mass is 628 g/mol. The average Bonchev–Trinajstić information content (AvgIpc) is 3.38. The summed E-state index contributed by atoms with van der Waals surface area (Å²) in [7, 11) is 0. The van der Waals surface area contributed by atoms with Crippen LogP contribution >= 0.6 is 0 Å². The Bertz CT molecular complexity index is 2450. The van der Waals surface area contributed by atoms with Crippen LogP contribution in [0.25, 0.3) is 26.7 Å². The minimum atomic E-state index is -0.322. The largest absolute Gasteiger partial charge is 0.311 e. The topological polar surface area (TPSA) is 34.6 Å². The summed E-state index contributed by atoms with van der Waals surface area (Å²) in [6.45, 7) is 12.3. The van der Waals surface area contributed by atoms with Gasteiger partial charge in [-0.3, -0.25) is 0 Å². The second-order valence-corrected chi connectivity index (χ2v) is 12.9. The molecular weight excluding hydrogens is 597 g/mol. The number of benzene rings is 7. The van der Waals surface area contributed by atoms with Crippen molar-refractivity contribution in [2.45, 2.75) is 19.3 Å². The maximum atomic E-state index is 9.72. The molecule has 1 aliphatic carbocycles. The van der Waals surface area contributed by atoms with E-state index in [9.17, 15) is 5.26 Å². The molecule has 0 unspecified atom stereocenters. The third kappa shape index (κ3) is 4.99. The molecule has 0 radical (unpaired) electrons. The van der Waals surface area contributed by atoms with Crippen LogP contribution in [0, 0.1) is 17.9 Å². The molecule has 0 aromatic heterocycles. The highest BCUT2D eigenvalue weighted by molar-refractivity contribution is 6.10. The molecule has 0 fully saturated rings. The third-order valence-electron chi connectivity index (χ3n) is 9.62. The average molecular weight is 629 g/mol. The number of rotatable bonds is 6. The number of hydrogen-bond donors (Lipinski definition) is 0. The van der Waals surface area contributed by atoms with E-state index in [4.69, 9.17) is 6.57 Å². The van der Waals surface area contributed by atoms with Crippen molar-refractivity contribution in [3.63, 3.8) is 0 Å². The molecule has 4 heteroatoms. The van der Waals surface area contributed by atoms with Crippen LogP contribution in [0.2, 0.25) is 0 Å². The van der Waals surface area contributed by atoms with E-state index in [1.807, 2.05) is 60.7 Å². The molecule has 4 nitrogen and oxygen atoms in total. The van der Waals surface area contributed by atoms with Gasteiger partial charge in [0.05, 0.1) is 23.9 Å². The summed E-state index contributed by atoms with van der Waals surface area (Å²) >= 11 is 0. The highest BCUT2D eigenvalue weighted by Gasteiger charge is 2.38. The molecule has 0 bridgehead atoms. The Morgan fingerprint density at radius 3 is 1.84 bits per heavy atom. The highest BCUT2D eigenvalue weighted by atomic mass is 15.1. The van der Waals surface area contributed by atoms with Crippen LogP contribution in [-0.2, 0) is 5.41 Å². The summed E-state index contributed by atoms with van der Waals surface area (Å²) in [5.41, 5.74) is 11.9. The zero-order valence-corrected chi connectivity index (χ0v) is 27.3. The zero-order valence-electron chi connectivity index (χ0n) is 27.3. The van der Waals surface area contributed by atoms with Crippen molar-refractivity contribution in [2.75, 3.05) is 9.80 Å². The summed E-state index contributed by atoms with van der Waals surface area (Å²) in [6, 6.07) is 56.5. The van der Waals surface area contributed by atoms with Crippen LogP contribution in [0.5, 0.6) is 0 Å². The summed E-state index contributed by atoms with van der Waals surface area (Å²) in [5.74, 6) is 0. The maximum Gasteiger partial charge on any atom is 0.189 e. The Labute approximate surface area is 287 Å². The van der Waals surface area contributed by atoms with Gasteiger partial charge < -0.3 is 9.80 Å². The van der Waals surface area contributed by atoms with Gasteiger partial charge in [-0.15, -0.1) is 0 Å². The lowest BCUT2D eigenvalue weighted by Crippen LogP contribution is -2.18. The van der Waals surface area contributed by atoms with E-state index in [1.54, 1.807) is 0 Å². The van der Waals surface area contributed by atoms with Crippen LogP contribution in [-0.4, -0.2) is 0 Å². The van der Waals surface area contributed by atoms with E-state index in [0.29, 0.717) is 11.3 Å². The molecule has 8 rings (SSSR count). The molecule has 49 heavy (non-hydrogen) atoms. The van der Waals surface area contributed by atoms with E-state index in [2.05, 4.69) is 132 Å². The van der Waals surface area contributed by atoms with Crippen molar-refractivity contribution in [1.29, 1.82) is 5.26 Å². The fraction of sp³-hybridized carbons (Fsp3) is 0.0667. The van der Waals surface area contributed by atoms with E-state index in [-0.39, 0.29) is 5.41 Å². The van der Waals surface area contributed by atoms with Gasteiger partial charge in [-0.05, 0) is 100 Å². The van der Waals surface area contributed by atoms with Gasteiger partial charge in [-0.1, -0.05) is 98.8 Å². The summed E-state index contributed by atoms with van der Waals surface area (Å²) in [4.78, 5) is 8.26. The predicted molar refractivity (Wildman–Crippen MR) is 202 cm³/mol. The lowest BCUT2D eigenvalue weighted by Gasteiger charge is -2.30. The van der Waals surface area contributed by atoms with Gasteiger partial charge in [0.25, 0.3) is 0 Å². The second-order valence-electron chi connectivity index (χ2n) is 12.9. The number of hydrogen-bond acceptors (Lipinski definition) is 3. The molecule has 0 N–H and O–H groups in total. The molecule has 0 amide bonds. The molecule has 7 aromatic rings. The first-order chi connectivity index (χ1) is 24.0. The standard InChI is InChI=1S/C45H32N4/c1-45(2)41-28-37(48(33-16-6-4-7-17-33)35-20-12-14-31(26-35)30-46)24-25-40(41)44-39-23-11-10-22-38(39)43(29-42(44)45)49(34-18-8-5-9-19-34)36-21-13-15-32(27-36)47-3/h4-29H,1-2H3. The summed E-state index contributed by atoms with van der Waals surface area (Å²) in [6.07, 6.45) is 0. The first-order valence-electron chi connectivity index (χ1n) is 16.4. The molecule has 1 aliphatic rings. The summed E-state index contributed by atoms with van der Waals surface area (Å²) < 4.78 is 0. The Balaban J connectivity index is 1.35. The molecule has 0 atom stereocenters. The van der Waals surface area contributed by atoms with Crippen molar-refractivity contribution in [3.05, 3.63) is 186 Å². The van der Waals surface area contributed by atoms with Crippen molar-refractivity contribution in [1.82, 2.24) is 0 Å². The number of fused-ring (bicyclic) bond motifs is 5. The summed E-state index contributed by atoms with van der Waals surface area (Å²) in [5, 5.41) is 12.1. The van der Waals surface area contributed by atoms with Crippen molar-refractivity contribution < 1.29 is 0 Å². The van der Waals surface area contributed by atoms with Crippen LogP contribution in [0.4, 0.5) is 39.8 Å². The van der Waals surface area contributed by atoms with Gasteiger partial charge in [0.15, 0.2) is 5.69 Å². The van der Waals surface area contributed by atoms with Crippen molar-refractivity contribution in [3.8, 4) is 17.2 Å². The minimum Gasteiger partial charge on any atom is -0.311 e. The van der Waals surface area contributed by atoms with Crippen LogP contribution in [0.3, 0.4) is 0 Å². The first-order valence-corrected chi connectivity index (χ1v) is 16.4. The number of nitrogens with zero attached hydrogens (tertiary/aromatic N) is 4. The molecule has 232 valence electrons. The van der Waals surface area contributed by atoms with Crippen LogP contribution in [0.1, 0.15) is 30.5 Å². The van der Waals surface area contributed by atoms with Gasteiger partial charge in [-0.25, -0.2) is 4.85 Å². The fourth-order valence-electron chi connectivity index (χ4n) is 7.32. The van der Waals surface area contributed by atoms with E-state index >= 15 is 0 Å². The van der Waals surface area contributed by atoms with Crippen LogP contribution < -0.4 is 9.80 Å². The SMILES string of the molecule is [C-]#[N+]c1cccc(N(c2ccccc2)c2cc3c(c4ccccc24)-c2ccc(N(c4ccccc4)c4cccc(C#N)c4)cc2C3(C)C)c1. The number of nitriles is 1. The molecule has 0 spiro atoms. The Morgan fingerprint density at radius 1 is 0.551 bits per heavy atom. The smallest absolute Gasteiger partial charge is 0.189 e. The molecular formula is C45H32N4. The second kappa shape index (κ2) is 11.9. The molecule has 0 saturated carbocycles. The number of para-hydroxylation sites is 2. The Morgan fingerprint density at radius 2 is 1.14 bits per heavy atom. The first kappa shape index (κ1) is 29.8. The Hall–Kier alpha value is -6.62. The molecule has 7 aromatic carbocycles. The molecule has 0 heterocycles. The maximum absolute atomic E-state index is 9.72. The predicted octanol–water partition coefficient (Wildman–Crippen LogP) is 12.5. The van der Waals surface area contributed by atoms with Gasteiger partial charge in [0, 0.05) is 39.2 Å². The lowest BCUT2D eigenvalue weighted by atomic mass is 9.81. The lowest BCUT2D eigenvalue weighted by molar-refractivity contribution is 0.661. The van der Waals surface area contributed by atoms with Crippen molar-refractivity contribution >= 4 is 50.6 Å². The van der Waals surface area contributed by atoms with E-state index in [0.717, 1.165) is 39.5 Å². The van der Waals surface area contributed by atoms with Gasteiger partial charge in [0.2, 0.25) is 0 Å². The highest BCUT2D eigenvalue weighted by Crippen LogP contribution is 2.55. The minimum absolute atomic E-state index is 0.322. The zero-order chi connectivity index (χ0) is 33.5. The Kier molecular flexibility index (Phi) is 7.21. The van der Waals surface area contributed by atoms with Crippen LogP contribution in [0.15, 0.2) is 158 Å². The quantitative estimate of drug-likeness (QED) is 0.172. The molecule has 0 aliphatic heterocycles. The fourth-order valence-corrected chi connectivity index (χ4v) is 7.32. The normalized spacial score (nSPS) is 12.4. The van der Waals surface area contributed by atoms with E-state index in [1.165, 1.54) is 27.6 Å². The van der Waals surface area contributed by atoms with Crippen molar-refractivity contribution in [2.24, 2.45) is 0 Å². The van der Waals surface area contributed by atoms with Gasteiger partial charge in [0.1, 0.15) is 0 Å². The number of anilines is 6. The van der Waals surface area contributed by atoms with E-state index < -0.39 is 0 Å². The van der Waals surface area contributed by atoms with Gasteiger partial charge in [-0.2, -0.15) is 5.26 Å². The van der Waals surface area contributed by atoms with Gasteiger partial charge >= 0.3 is 0 Å². The molecule has 0 saturated heterocycles. The third-order valence-corrected chi connectivity index (χ3v) is 9.62.